The van der Waals surface area contributed by atoms with Crippen LogP contribution in [0.5, 0.6) is 6.01 Å². The van der Waals surface area contributed by atoms with Gasteiger partial charge in [-0.25, -0.2) is 4.98 Å². The Kier molecular flexibility index (Phi) is 5.01. The zero-order valence-corrected chi connectivity index (χ0v) is 15.0. The SMILES string of the molecule is CC(C)COc1nc(N)c2nc(Br)n(CC3CCOCC3)c2n1. The summed E-state index contributed by atoms with van der Waals surface area (Å²) in [5.74, 6) is 1.29. The molecule has 0 amide bonds. The van der Waals surface area contributed by atoms with Crippen molar-refractivity contribution in [2.24, 2.45) is 11.8 Å². The van der Waals surface area contributed by atoms with Gasteiger partial charge in [0.15, 0.2) is 21.7 Å². The molecule has 0 atom stereocenters. The van der Waals surface area contributed by atoms with Crippen molar-refractivity contribution in [3.63, 3.8) is 0 Å². The summed E-state index contributed by atoms with van der Waals surface area (Å²) >= 11 is 3.51. The van der Waals surface area contributed by atoms with Crippen LogP contribution in [-0.2, 0) is 11.3 Å². The third kappa shape index (κ3) is 3.74. The molecule has 0 aromatic carbocycles. The Labute approximate surface area is 143 Å². The molecule has 1 fully saturated rings. The number of anilines is 1. The van der Waals surface area contributed by atoms with Crippen molar-refractivity contribution >= 4 is 32.9 Å². The highest BCUT2D eigenvalue weighted by Gasteiger charge is 2.20. The van der Waals surface area contributed by atoms with E-state index in [1.807, 2.05) is 4.57 Å². The highest BCUT2D eigenvalue weighted by molar-refractivity contribution is 9.10. The number of rotatable bonds is 5. The number of ether oxygens (including phenoxy) is 2. The van der Waals surface area contributed by atoms with Crippen LogP contribution in [0.1, 0.15) is 26.7 Å². The quantitative estimate of drug-likeness (QED) is 0.798. The highest BCUT2D eigenvalue weighted by Crippen LogP contribution is 2.27. The summed E-state index contributed by atoms with van der Waals surface area (Å²) in [7, 11) is 0. The average Bonchev–Trinajstić information content (AvgIpc) is 2.83. The Morgan fingerprint density at radius 3 is 2.74 bits per heavy atom. The second kappa shape index (κ2) is 7.00. The van der Waals surface area contributed by atoms with Crippen LogP contribution in [-0.4, -0.2) is 39.3 Å². The molecule has 0 radical (unpaired) electrons. The third-order valence-electron chi connectivity index (χ3n) is 3.88. The number of hydrogen-bond donors (Lipinski definition) is 1. The predicted octanol–water partition coefficient (Wildman–Crippen LogP) is 2.63. The second-order valence-electron chi connectivity index (χ2n) is 6.32. The number of halogens is 1. The van der Waals surface area contributed by atoms with E-state index in [2.05, 4.69) is 44.7 Å². The van der Waals surface area contributed by atoms with Crippen LogP contribution in [0, 0.1) is 11.8 Å². The third-order valence-corrected chi connectivity index (χ3v) is 4.49. The normalized spacial score (nSPS) is 16.3. The van der Waals surface area contributed by atoms with Crippen LogP contribution in [0.15, 0.2) is 4.73 Å². The molecule has 0 aliphatic carbocycles. The van der Waals surface area contributed by atoms with Crippen LogP contribution >= 0.6 is 15.9 Å². The summed E-state index contributed by atoms with van der Waals surface area (Å²) in [6.07, 6.45) is 2.09. The fraction of sp³-hybridized carbons (Fsp3) is 0.667. The summed E-state index contributed by atoms with van der Waals surface area (Å²) in [6, 6.07) is 0.310. The second-order valence-corrected chi connectivity index (χ2v) is 7.02. The van der Waals surface area contributed by atoms with Gasteiger partial charge in [-0.3, -0.25) is 0 Å². The molecular weight excluding hydrogens is 362 g/mol. The van der Waals surface area contributed by atoms with Gasteiger partial charge in [-0.05, 0) is 40.6 Å². The maximum atomic E-state index is 6.03. The molecule has 1 aliphatic heterocycles. The van der Waals surface area contributed by atoms with Crippen LogP contribution < -0.4 is 10.5 Å². The lowest BCUT2D eigenvalue weighted by Crippen LogP contribution is -2.20. The lowest BCUT2D eigenvalue weighted by Gasteiger charge is -2.22. The minimum atomic E-state index is 0.310. The number of nitrogen functional groups attached to an aromatic ring is 1. The first-order valence-corrected chi connectivity index (χ1v) is 8.73. The van der Waals surface area contributed by atoms with Crippen molar-refractivity contribution in [1.29, 1.82) is 0 Å². The van der Waals surface area contributed by atoms with Crippen LogP contribution in [0.25, 0.3) is 11.2 Å². The van der Waals surface area contributed by atoms with E-state index in [1.165, 1.54) is 0 Å². The summed E-state index contributed by atoms with van der Waals surface area (Å²) in [4.78, 5) is 13.2. The zero-order valence-electron chi connectivity index (χ0n) is 13.5. The molecule has 2 aromatic rings. The van der Waals surface area contributed by atoms with Crippen molar-refractivity contribution in [1.82, 2.24) is 19.5 Å². The Hall–Kier alpha value is -1.41. The largest absolute Gasteiger partial charge is 0.463 e. The molecule has 126 valence electrons. The van der Waals surface area contributed by atoms with E-state index in [0.717, 1.165) is 43.0 Å². The van der Waals surface area contributed by atoms with E-state index < -0.39 is 0 Å². The van der Waals surface area contributed by atoms with E-state index in [-0.39, 0.29) is 0 Å². The van der Waals surface area contributed by atoms with E-state index in [0.29, 0.717) is 35.8 Å². The fourth-order valence-corrected chi connectivity index (χ4v) is 3.12. The first-order chi connectivity index (χ1) is 11.0. The maximum absolute atomic E-state index is 6.03. The molecule has 1 aliphatic rings. The number of fused-ring (bicyclic) bond motifs is 1. The molecule has 0 saturated carbocycles. The molecular formula is C15H22BrN5O2. The van der Waals surface area contributed by atoms with Gasteiger partial charge in [0.25, 0.3) is 0 Å². The molecule has 8 heteroatoms. The van der Waals surface area contributed by atoms with Crippen molar-refractivity contribution in [3.05, 3.63) is 4.73 Å². The smallest absolute Gasteiger partial charge is 0.320 e. The van der Waals surface area contributed by atoms with Gasteiger partial charge in [0, 0.05) is 19.8 Å². The van der Waals surface area contributed by atoms with Gasteiger partial charge in [-0.15, -0.1) is 0 Å². The molecule has 0 spiro atoms. The van der Waals surface area contributed by atoms with Gasteiger partial charge >= 0.3 is 6.01 Å². The van der Waals surface area contributed by atoms with Crippen LogP contribution in [0.2, 0.25) is 0 Å². The van der Waals surface area contributed by atoms with E-state index in [9.17, 15) is 0 Å². The Balaban J connectivity index is 1.91. The highest BCUT2D eigenvalue weighted by atomic mass is 79.9. The summed E-state index contributed by atoms with van der Waals surface area (Å²) in [5.41, 5.74) is 7.36. The standard InChI is InChI=1S/C15H22BrN5O2/c1-9(2)8-23-15-19-12(17)11-13(20-15)21(14(16)18-11)7-10-3-5-22-6-4-10/h9-10H,3-8H2,1-2H3,(H2,17,19,20). The zero-order chi connectivity index (χ0) is 16.4. The molecule has 7 nitrogen and oxygen atoms in total. The molecule has 0 unspecified atom stereocenters. The molecule has 2 N–H and O–H groups in total. The van der Waals surface area contributed by atoms with Gasteiger partial charge in [-0.2, -0.15) is 9.97 Å². The summed E-state index contributed by atoms with van der Waals surface area (Å²) < 4.78 is 13.8. The minimum Gasteiger partial charge on any atom is -0.463 e. The lowest BCUT2D eigenvalue weighted by molar-refractivity contribution is 0.0613. The Morgan fingerprint density at radius 1 is 1.30 bits per heavy atom. The number of nitrogens with two attached hydrogens (primary N) is 1. The molecule has 2 aromatic heterocycles. The number of hydrogen-bond acceptors (Lipinski definition) is 6. The first-order valence-electron chi connectivity index (χ1n) is 7.94. The van der Waals surface area contributed by atoms with Gasteiger partial charge in [0.1, 0.15) is 0 Å². The van der Waals surface area contributed by atoms with E-state index in [1.54, 1.807) is 0 Å². The number of nitrogens with zero attached hydrogens (tertiary/aromatic N) is 4. The lowest BCUT2D eigenvalue weighted by atomic mass is 10.0. The van der Waals surface area contributed by atoms with E-state index in [4.69, 9.17) is 15.2 Å². The Morgan fingerprint density at radius 2 is 2.04 bits per heavy atom. The summed E-state index contributed by atoms with van der Waals surface area (Å²) in [6.45, 7) is 7.17. The molecule has 3 rings (SSSR count). The topological polar surface area (TPSA) is 88.1 Å². The van der Waals surface area contributed by atoms with Gasteiger partial charge in [0.2, 0.25) is 0 Å². The Bertz CT molecular complexity index is 682. The van der Waals surface area contributed by atoms with Crippen molar-refractivity contribution in [2.75, 3.05) is 25.6 Å². The average molecular weight is 384 g/mol. The van der Waals surface area contributed by atoms with Gasteiger partial charge in [0.05, 0.1) is 6.61 Å². The van der Waals surface area contributed by atoms with Crippen molar-refractivity contribution < 1.29 is 9.47 Å². The van der Waals surface area contributed by atoms with E-state index >= 15 is 0 Å². The number of imidazole rings is 1. The molecule has 1 saturated heterocycles. The van der Waals surface area contributed by atoms with Crippen LogP contribution in [0.3, 0.4) is 0 Å². The predicted molar refractivity (Wildman–Crippen MR) is 91.3 cm³/mol. The van der Waals surface area contributed by atoms with Crippen LogP contribution in [0.4, 0.5) is 5.82 Å². The monoisotopic (exact) mass is 383 g/mol. The fourth-order valence-electron chi connectivity index (χ4n) is 2.63. The van der Waals surface area contributed by atoms with Gasteiger partial charge in [-0.1, -0.05) is 13.8 Å². The summed E-state index contributed by atoms with van der Waals surface area (Å²) in [5, 5.41) is 0. The molecule has 0 bridgehead atoms. The van der Waals surface area contributed by atoms with Crippen molar-refractivity contribution in [3.8, 4) is 6.01 Å². The van der Waals surface area contributed by atoms with Gasteiger partial charge < -0.3 is 19.8 Å². The first kappa shape index (κ1) is 16.4. The minimum absolute atomic E-state index is 0.310. The van der Waals surface area contributed by atoms with Crippen molar-refractivity contribution in [2.45, 2.75) is 33.2 Å². The number of aromatic nitrogens is 4. The maximum Gasteiger partial charge on any atom is 0.320 e. The molecule has 23 heavy (non-hydrogen) atoms. The molecule has 3 heterocycles.